The van der Waals surface area contributed by atoms with Crippen LogP contribution in [0.25, 0.3) is 0 Å². The monoisotopic (exact) mass is 367 g/mol. The standard InChI is InChI=1S/C22H41NO3/c1-20(2,3)15-17(24)16(23-19(26)22(7,8)9)13-11-10-12-14-18(25)21(4,5)6/h16H,10-15H2,1-9H3,(H,23,26). The number of hydrogen-bond donors (Lipinski definition) is 1. The molecule has 0 aromatic heterocycles. The molecule has 0 rings (SSSR count). The minimum atomic E-state index is -0.514. The third-order valence-corrected chi connectivity index (χ3v) is 4.31. The van der Waals surface area contributed by atoms with Crippen molar-refractivity contribution in [2.75, 3.05) is 0 Å². The molecule has 1 amide bonds. The Labute approximate surface area is 160 Å². The number of carbonyl (C=O) groups excluding carboxylic acids is 3. The Hall–Kier alpha value is -1.19. The lowest BCUT2D eigenvalue weighted by Crippen LogP contribution is -2.46. The van der Waals surface area contributed by atoms with Crippen LogP contribution >= 0.6 is 0 Å². The zero-order valence-electron chi connectivity index (χ0n) is 18.5. The normalized spacial score (nSPS) is 14.0. The van der Waals surface area contributed by atoms with E-state index in [9.17, 15) is 14.4 Å². The number of nitrogens with one attached hydrogen (secondary N) is 1. The molecule has 4 nitrogen and oxygen atoms in total. The van der Waals surface area contributed by atoms with Crippen LogP contribution in [0.5, 0.6) is 0 Å². The molecular weight excluding hydrogens is 326 g/mol. The highest BCUT2D eigenvalue weighted by atomic mass is 16.2. The van der Waals surface area contributed by atoms with Crippen molar-refractivity contribution in [1.82, 2.24) is 5.32 Å². The van der Waals surface area contributed by atoms with E-state index in [1.807, 2.05) is 62.3 Å². The number of hydrogen-bond acceptors (Lipinski definition) is 3. The van der Waals surface area contributed by atoms with Crippen molar-refractivity contribution in [3.63, 3.8) is 0 Å². The maximum absolute atomic E-state index is 12.7. The number of rotatable bonds is 9. The molecule has 0 saturated heterocycles. The predicted octanol–water partition coefficient (Wildman–Crippen LogP) is 5.09. The number of carbonyl (C=O) groups is 3. The summed E-state index contributed by atoms with van der Waals surface area (Å²) in [6.07, 6.45) is 4.24. The third kappa shape index (κ3) is 10.7. The molecule has 26 heavy (non-hydrogen) atoms. The van der Waals surface area contributed by atoms with Gasteiger partial charge in [0.25, 0.3) is 0 Å². The van der Waals surface area contributed by atoms with E-state index in [-0.39, 0.29) is 28.3 Å². The zero-order valence-corrected chi connectivity index (χ0v) is 18.5. The van der Waals surface area contributed by atoms with Crippen LogP contribution in [-0.4, -0.2) is 23.5 Å². The van der Waals surface area contributed by atoms with Gasteiger partial charge in [-0.3, -0.25) is 14.4 Å². The lowest BCUT2D eigenvalue weighted by molar-refractivity contribution is -0.133. The Kier molecular flexibility index (Phi) is 9.22. The second-order valence-corrected chi connectivity index (χ2v) is 10.8. The summed E-state index contributed by atoms with van der Waals surface area (Å²) in [5, 5.41) is 2.95. The van der Waals surface area contributed by atoms with Crippen LogP contribution in [0.1, 0.15) is 101 Å². The molecular formula is C22H41NO3. The topological polar surface area (TPSA) is 63.2 Å². The van der Waals surface area contributed by atoms with Crippen molar-refractivity contribution < 1.29 is 14.4 Å². The summed E-state index contributed by atoms with van der Waals surface area (Å²) in [4.78, 5) is 37.0. The average Bonchev–Trinajstić information content (AvgIpc) is 2.41. The van der Waals surface area contributed by atoms with E-state index < -0.39 is 11.5 Å². The summed E-state index contributed by atoms with van der Waals surface area (Å²) in [5.74, 6) is 0.285. The SMILES string of the molecule is CC(C)(C)CC(=O)C(CCCCCC(=O)C(C)(C)C)NC(=O)C(C)(C)C. The Morgan fingerprint density at radius 1 is 0.769 bits per heavy atom. The molecule has 0 spiro atoms. The van der Waals surface area contributed by atoms with Gasteiger partial charge in [-0.15, -0.1) is 0 Å². The number of unbranched alkanes of at least 4 members (excludes halogenated alkanes) is 2. The first-order chi connectivity index (χ1) is 11.5. The summed E-state index contributed by atoms with van der Waals surface area (Å²) in [6, 6.07) is -0.431. The van der Waals surface area contributed by atoms with E-state index in [2.05, 4.69) is 5.32 Å². The molecule has 0 aliphatic heterocycles. The van der Waals surface area contributed by atoms with Crippen LogP contribution in [0.4, 0.5) is 0 Å². The minimum Gasteiger partial charge on any atom is -0.346 e. The van der Waals surface area contributed by atoms with Gasteiger partial charge in [0.2, 0.25) is 5.91 Å². The maximum Gasteiger partial charge on any atom is 0.225 e. The maximum atomic E-state index is 12.7. The van der Waals surface area contributed by atoms with Gasteiger partial charge in [-0.25, -0.2) is 0 Å². The fraction of sp³-hybridized carbons (Fsp3) is 0.864. The van der Waals surface area contributed by atoms with Crippen LogP contribution in [0, 0.1) is 16.2 Å². The summed E-state index contributed by atoms with van der Waals surface area (Å²) in [7, 11) is 0. The summed E-state index contributed by atoms with van der Waals surface area (Å²) >= 11 is 0. The van der Waals surface area contributed by atoms with Crippen LogP contribution in [0.15, 0.2) is 0 Å². The molecule has 0 heterocycles. The fourth-order valence-corrected chi connectivity index (χ4v) is 2.52. The highest BCUT2D eigenvalue weighted by Gasteiger charge is 2.29. The van der Waals surface area contributed by atoms with Gasteiger partial charge in [-0.05, 0) is 18.3 Å². The molecule has 0 saturated carbocycles. The highest BCUT2D eigenvalue weighted by molar-refractivity contribution is 5.91. The molecule has 0 fully saturated rings. The largest absolute Gasteiger partial charge is 0.346 e. The Morgan fingerprint density at radius 3 is 1.73 bits per heavy atom. The van der Waals surface area contributed by atoms with Gasteiger partial charge >= 0.3 is 0 Å². The summed E-state index contributed by atoms with van der Waals surface area (Å²) in [6.45, 7) is 17.5. The van der Waals surface area contributed by atoms with Crippen molar-refractivity contribution in [1.29, 1.82) is 0 Å². The molecule has 0 aliphatic rings. The highest BCUT2D eigenvalue weighted by Crippen LogP contribution is 2.23. The number of amides is 1. The first kappa shape index (κ1) is 24.8. The van der Waals surface area contributed by atoms with E-state index in [4.69, 9.17) is 0 Å². The van der Waals surface area contributed by atoms with Crippen molar-refractivity contribution in [2.45, 2.75) is 107 Å². The number of Topliss-reactive ketones (excluding diaryl/α,β-unsaturated/α-hetero) is 2. The molecule has 4 heteroatoms. The van der Waals surface area contributed by atoms with Crippen LogP contribution in [0.3, 0.4) is 0 Å². The Bertz CT molecular complexity index is 487. The first-order valence-corrected chi connectivity index (χ1v) is 9.91. The molecule has 1 unspecified atom stereocenters. The van der Waals surface area contributed by atoms with Gasteiger partial charge < -0.3 is 5.32 Å². The van der Waals surface area contributed by atoms with Crippen LogP contribution < -0.4 is 5.32 Å². The molecule has 0 aromatic carbocycles. The van der Waals surface area contributed by atoms with Gasteiger partial charge in [-0.2, -0.15) is 0 Å². The average molecular weight is 368 g/mol. The van der Waals surface area contributed by atoms with Gasteiger partial charge in [0.15, 0.2) is 5.78 Å². The third-order valence-electron chi connectivity index (χ3n) is 4.31. The molecule has 0 aliphatic carbocycles. The first-order valence-electron chi connectivity index (χ1n) is 9.91. The summed E-state index contributed by atoms with van der Waals surface area (Å²) in [5.41, 5.74) is -0.897. The predicted molar refractivity (Wildman–Crippen MR) is 108 cm³/mol. The molecule has 0 bridgehead atoms. The lowest BCUT2D eigenvalue weighted by Gasteiger charge is -2.26. The van der Waals surface area contributed by atoms with E-state index >= 15 is 0 Å². The van der Waals surface area contributed by atoms with Gasteiger partial charge in [0, 0.05) is 23.7 Å². The smallest absolute Gasteiger partial charge is 0.225 e. The molecule has 0 radical (unpaired) electrons. The molecule has 0 aromatic rings. The lowest BCUT2D eigenvalue weighted by atomic mass is 9.85. The van der Waals surface area contributed by atoms with Crippen LogP contribution in [0.2, 0.25) is 0 Å². The van der Waals surface area contributed by atoms with Crippen molar-refractivity contribution in [3.05, 3.63) is 0 Å². The zero-order chi connectivity index (χ0) is 20.8. The van der Waals surface area contributed by atoms with E-state index in [0.29, 0.717) is 19.3 Å². The second-order valence-electron chi connectivity index (χ2n) is 10.8. The molecule has 152 valence electrons. The Morgan fingerprint density at radius 2 is 1.31 bits per heavy atom. The van der Waals surface area contributed by atoms with Gasteiger partial charge in [0.05, 0.1) is 6.04 Å². The Balaban J connectivity index is 4.65. The quantitative estimate of drug-likeness (QED) is 0.577. The van der Waals surface area contributed by atoms with E-state index in [1.54, 1.807) is 0 Å². The molecule has 1 N–H and O–H groups in total. The number of ketones is 2. The summed E-state index contributed by atoms with van der Waals surface area (Å²) < 4.78 is 0. The van der Waals surface area contributed by atoms with E-state index in [1.165, 1.54) is 0 Å². The minimum absolute atomic E-state index is 0.0901. The van der Waals surface area contributed by atoms with Crippen molar-refractivity contribution in [3.8, 4) is 0 Å². The van der Waals surface area contributed by atoms with Crippen molar-refractivity contribution >= 4 is 17.5 Å². The van der Waals surface area contributed by atoms with Crippen molar-refractivity contribution in [2.24, 2.45) is 16.2 Å². The van der Waals surface area contributed by atoms with Gasteiger partial charge in [-0.1, -0.05) is 75.2 Å². The van der Waals surface area contributed by atoms with E-state index in [0.717, 1.165) is 19.3 Å². The second kappa shape index (κ2) is 9.66. The van der Waals surface area contributed by atoms with Gasteiger partial charge in [0.1, 0.15) is 5.78 Å². The van der Waals surface area contributed by atoms with Crippen LogP contribution in [-0.2, 0) is 14.4 Å². The molecule has 1 atom stereocenters. The fourth-order valence-electron chi connectivity index (χ4n) is 2.52.